The Morgan fingerprint density at radius 2 is 2.30 bits per heavy atom. The first-order valence-electron chi connectivity index (χ1n) is 5.87. The molecule has 8 nitrogen and oxygen atoms in total. The second kappa shape index (κ2) is 5.83. The third-order valence-electron chi connectivity index (χ3n) is 2.72. The van der Waals surface area contributed by atoms with Crippen LogP contribution < -0.4 is 11.1 Å². The van der Waals surface area contributed by atoms with E-state index in [9.17, 15) is 14.9 Å². The minimum absolute atomic E-state index is 0.0313. The number of amides is 1. The zero-order valence-electron chi connectivity index (χ0n) is 10.5. The van der Waals surface area contributed by atoms with Crippen molar-refractivity contribution in [1.82, 2.24) is 15.3 Å². The molecule has 104 valence electrons. The Kier molecular flexibility index (Phi) is 3.94. The Morgan fingerprint density at radius 3 is 2.90 bits per heavy atom. The van der Waals surface area contributed by atoms with Gasteiger partial charge in [0, 0.05) is 36.5 Å². The lowest BCUT2D eigenvalue weighted by molar-refractivity contribution is -0.383. The van der Waals surface area contributed by atoms with Crippen molar-refractivity contribution in [1.29, 1.82) is 0 Å². The van der Waals surface area contributed by atoms with E-state index >= 15 is 0 Å². The molecule has 1 amide bonds. The van der Waals surface area contributed by atoms with Gasteiger partial charge in [0.15, 0.2) is 0 Å². The molecular formula is C12H13N5O3. The van der Waals surface area contributed by atoms with E-state index in [0.717, 1.165) is 5.69 Å². The average molecular weight is 275 g/mol. The van der Waals surface area contributed by atoms with Crippen molar-refractivity contribution < 1.29 is 9.72 Å². The Morgan fingerprint density at radius 1 is 1.50 bits per heavy atom. The summed E-state index contributed by atoms with van der Waals surface area (Å²) in [6, 6.07) is 3.89. The van der Waals surface area contributed by atoms with Crippen LogP contribution in [0.25, 0.3) is 0 Å². The summed E-state index contributed by atoms with van der Waals surface area (Å²) >= 11 is 0. The van der Waals surface area contributed by atoms with Crippen LogP contribution in [0.5, 0.6) is 0 Å². The molecule has 20 heavy (non-hydrogen) atoms. The highest BCUT2D eigenvalue weighted by Gasteiger charge is 2.14. The number of nitrogens with one attached hydrogen (secondary N) is 2. The van der Waals surface area contributed by atoms with Crippen molar-refractivity contribution in [2.45, 2.75) is 6.42 Å². The van der Waals surface area contributed by atoms with Crippen molar-refractivity contribution in [3.8, 4) is 0 Å². The van der Waals surface area contributed by atoms with Crippen molar-refractivity contribution in [2.24, 2.45) is 0 Å². The fraction of sp³-hybridized carbons (Fsp3) is 0.167. The summed E-state index contributed by atoms with van der Waals surface area (Å²) in [5.74, 6) is -0.328. The number of nitro groups is 1. The molecule has 0 aliphatic carbocycles. The third kappa shape index (κ3) is 3.10. The number of rotatable bonds is 5. The smallest absolute Gasteiger partial charge is 0.292 e. The standard InChI is InChI=1S/C12H13N5O3/c13-10-5-8(1-2-11(10)17(19)20)12(18)15-4-3-9-6-14-7-16-9/h1-2,5-7H,3-4,13H2,(H,14,16)(H,15,18). The predicted octanol–water partition coefficient (Wildman–Crippen LogP) is 0.873. The van der Waals surface area contributed by atoms with E-state index in [4.69, 9.17) is 5.73 Å². The summed E-state index contributed by atoms with van der Waals surface area (Å²) < 4.78 is 0. The molecule has 0 aliphatic heterocycles. The van der Waals surface area contributed by atoms with Crippen LogP contribution in [0, 0.1) is 10.1 Å². The minimum atomic E-state index is -0.588. The molecule has 1 heterocycles. The van der Waals surface area contributed by atoms with E-state index < -0.39 is 4.92 Å². The summed E-state index contributed by atoms with van der Waals surface area (Å²) in [6.07, 6.45) is 3.86. The maximum atomic E-state index is 11.8. The first kappa shape index (κ1) is 13.5. The zero-order chi connectivity index (χ0) is 14.5. The van der Waals surface area contributed by atoms with Crippen LogP contribution in [0.3, 0.4) is 0 Å². The van der Waals surface area contributed by atoms with Crippen LogP contribution in [0.1, 0.15) is 16.1 Å². The Labute approximate surface area is 114 Å². The van der Waals surface area contributed by atoms with Gasteiger partial charge in [-0.1, -0.05) is 0 Å². The molecule has 2 aromatic rings. The maximum absolute atomic E-state index is 11.8. The molecule has 0 unspecified atom stereocenters. The van der Waals surface area contributed by atoms with Gasteiger partial charge in [-0.05, 0) is 12.1 Å². The molecule has 0 spiro atoms. The summed E-state index contributed by atoms with van der Waals surface area (Å²) in [4.78, 5) is 28.7. The highest BCUT2D eigenvalue weighted by molar-refractivity contribution is 5.95. The van der Waals surface area contributed by atoms with Crippen LogP contribution in [-0.4, -0.2) is 27.3 Å². The number of nitro benzene ring substituents is 1. The van der Waals surface area contributed by atoms with Gasteiger partial charge in [-0.3, -0.25) is 14.9 Å². The molecule has 1 aromatic carbocycles. The van der Waals surface area contributed by atoms with Crippen LogP contribution in [0.2, 0.25) is 0 Å². The van der Waals surface area contributed by atoms with Gasteiger partial charge in [-0.25, -0.2) is 4.98 Å². The van der Waals surface area contributed by atoms with Gasteiger partial charge >= 0.3 is 0 Å². The molecule has 8 heteroatoms. The summed E-state index contributed by atoms with van der Waals surface area (Å²) in [7, 11) is 0. The quantitative estimate of drug-likeness (QED) is 0.424. The van der Waals surface area contributed by atoms with Crippen molar-refractivity contribution >= 4 is 17.3 Å². The first-order chi connectivity index (χ1) is 9.58. The number of H-pyrrole nitrogens is 1. The molecule has 2 rings (SSSR count). The molecule has 1 aromatic heterocycles. The van der Waals surface area contributed by atoms with Crippen molar-refractivity contribution in [2.75, 3.05) is 12.3 Å². The topological polar surface area (TPSA) is 127 Å². The van der Waals surface area contributed by atoms with Crippen LogP contribution in [0.15, 0.2) is 30.7 Å². The van der Waals surface area contributed by atoms with E-state index in [1.807, 2.05) is 0 Å². The van der Waals surface area contributed by atoms with Crippen molar-refractivity contribution in [3.63, 3.8) is 0 Å². The second-order valence-electron chi connectivity index (χ2n) is 4.11. The molecule has 0 saturated heterocycles. The highest BCUT2D eigenvalue weighted by Crippen LogP contribution is 2.21. The second-order valence-corrected chi connectivity index (χ2v) is 4.11. The van der Waals surface area contributed by atoms with Gasteiger partial charge in [-0.15, -0.1) is 0 Å². The number of benzene rings is 1. The number of hydrogen-bond donors (Lipinski definition) is 3. The third-order valence-corrected chi connectivity index (χ3v) is 2.72. The van der Waals surface area contributed by atoms with Crippen LogP contribution in [0.4, 0.5) is 11.4 Å². The number of aromatic amines is 1. The number of nitrogens with two attached hydrogens (primary N) is 1. The molecule has 0 bridgehead atoms. The number of imidazole rings is 1. The van der Waals surface area contributed by atoms with Gasteiger partial charge in [0.1, 0.15) is 5.69 Å². The molecule has 0 radical (unpaired) electrons. The summed E-state index contributed by atoms with van der Waals surface area (Å²) in [6.45, 7) is 0.428. The average Bonchev–Trinajstić information content (AvgIpc) is 2.91. The van der Waals surface area contributed by atoms with Gasteiger partial charge in [0.05, 0.1) is 11.3 Å². The van der Waals surface area contributed by atoms with Crippen LogP contribution >= 0.6 is 0 Å². The largest absolute Gasteiger partial charge is 0.393 e. The number of carbonyl (C=O) groups is 1. The van der Waals surface area contributed by atoms with E-state index in [1.54, 1.807) is 12.5 Å². The normalized spacial score (nSPS) is 10.2. The van der Waals surface area contributed by atoms with Crippen molar-refractivity contribution in [3.05, 3.63) is 52.1 Å². The van der Waals surface area contributed by atoms with E-state index in [2.05, 4.69) is 15.3 Å². The predicted molar refractivity (Wildman–Crippen MR) is 72.1 cm³/mol. The minimum Gasteiger partial charge on any atom is -0.393 e. The lowest BCUT2D eigenvalue weighted by Crippen LogP contribution is -2.25. The number of nitrogens with zero attached hydrogens (tertiary/aromatic N) is 2. The van der Waals surface area contributed by atoms with E-state index in [0.29, 0.717) is 13.0 Å². The number of carbonyl (C=O) groups excluding carboxylic acids is 1. The number of hydrogen-bond acceptors (Lipinski definition) is 5. The summed E-state index contributed by atoms with van der Waals surface area (Å²) in [5, 5.41) is 13.3. The molecular weight excluding hydrogens is 262 g/mol. The first-order valence-corrected chi connectivity index (χ1v) is 5.87. The highest BCUT2D eigenvalue weighted by atomic mass is 16.6. The molecule has 4 N–H and O–H groups in total. The van der Waals surface area contributed by atoms with Gasteiger partial charge in [0.25, 0.3) is 11.6 Å². The van der Waals surface area contributed by atoms with E-state index in [1.165, 1.54) is 18.2 Å². The SMILES string of the molecule is Nc1cc(C(=O)NCCc2cnc[nH]2)ccc1[N+](=O)[O-]. The number of nitrogen functional groups attached to an aromatic ring is 1. The zero-order valence-corrected chi connectivity index (χ0v) is 10.5. The Hall–Kier alpha value is -2.90. The van der Waals surface area contributed by atoms with Crippen LogP contribution in [-0.2, 0) is 6.42 Å². The van der Waals surface area contributed by atoms with Gasteiger partial charge in [-0.2, -0.15) is 0 Å². The Bertz CT molecular complexity index is 624. The van der Waals surface area contributed by atoms with Gasteiger partial charge < -0.3 is 16.0 Å². The maximum Gasteiger partial charge on any atom is 0.292 e. The number of aromatic nitrogens is 2. The number of anilines is 1. The molecule has 0 saturated carbocycles. The summed E-state index contributed by atoms with van der Waals surface area (Å²) in [5.41, 5.74) is 6.49. The molecule has 0 atom stereocenters. The lowest BCUT2D eigenvalue weighted by Gasteiger charge is -2.05. The lowest BCUT2D eigenvalue weighted by atomic mass is 10.1. The molecule has 0 aliphatic rings. The van der Waals surface area contributed by atoms with E-state index in [-0.39, 0.29) is 22.8 Å². The molecule has 0 fully saturated rings. The monoisotopic (exact) mass is 275 g/mol. The van der Waals surface area contributed by atoms with Gasteiger partial charge in [0.2, 0.25) is 0 Å². The fourth-order valence-corrected chi connectivity index (χ4v) is 1.70. The fourth-order valence-electron chi connectivity index (χ4n) is 1.70. The Balaban J connectivity index is 1.95.